The molecule has 4 atom stereocenters. The largest absolute Gasteiger partial charge is 0.469 e. The molecule has 0 saturated heterocycles. The Morgan fingerprint density at radius 1 is 0.644 bits per heavy atom. The molecular formula is C33H60N4O8. The monoisotopic (exact) mass is 640 g/mol. The van der Waals surface area contributed by atoms with Gasteiger partial charge >= 0.3 is 11.9 Å². The number of esters is 2. The summed E-state index contributed by atoms with van der Waals surface area (Å²) in [6.45, 7) is 13.1. The third-order valence-electron chi connectivity index (χ3n) is 7.31. The summed E-state index contributed by atoms with van der Waals surface area (Å²) in [6, 6.07) is -4.20. The minimum Gasteiger partial charge on any atom is -0.469 e. The van der Waals surface area contributed by atoms with Gasteiger partial charge in [0.2, 0.25) is 23.6 Å². The summed E-state index contributed by atoms with van der Waals surface area (Å²) in [5.41, 5.74) is 0. The van der Waals surface area contributed by atoms with Gasteiger partial charge in [0.15, 0.2) is 0 Å². The second-order valence-corrected chi connectivity index (χ2v) is 12.4. The molecule has 0 spiro atoms. The SMILES string of the molecule is CCCCCCCCCC(=O)N[C@@H](CC(=O)OC)C(=O)N[C@H](C(=O)N[C@@H](C)C(=O)N[C@@H](CC(C)C)C(=O)OCCCC)C(C)C. The quantitative estimate of drug-likeness (QED) is 0.0915. The number of methoxy groups -OCH3 is 1. The van der Waals surface area contributed by atoms with Gasteiger partial charge in [0.05, 0.1) is 20.1 Å². The fourth-order valence-corrected chi connectivity index (χ4v) is 4.53. The van der Waals surface area contributed by atoms with Crippen LogP contribution in [0.1, 0.15) is 126 Å². The highest BCUT2D eigenvalue weighted by molar-refractivity contribution is 5.96. The summed E-state index contributed by atoms with van der Waals surface area (Å²) < 4.78 is 10.0. The lowest BCUT2D eigenvalue weighted by molar-refractivity contribution is -0.148. The van der Waals surface area contributed by atoms with Gasteiger partial charge in [-0.25, -0.2) is 4.79 Å². The van der Waals surface area contributed by atoms with Crippen LogP contribution in [0.3, 0.4) is 0 Å². The Morgan fingerprint density at radius 3 is 1.80 bits per heavy atom. The molecule has 0 bridgehead atoms. The van der Waals surface area contributed by atoms with Crippen LogP contribution < -0.4 is 21.3 Å². The molecule has 12 nitrogen and oxygen atoms in total. The molecule has 0 aliphatic carbocycles. The molecule has 0 rings (SSSR count). The van der Waals surface area contributed by atoms with Crippen molar-refractivity contribution in [3.63, 3.8) is 0 Å². The van der Waals surface area contributed by atoms with E-state index in [0.717, 1.165) is 32.1 Å². The van der Waals surface area contributed by atoms with Crippen LogP contribution in [-0.2, 0) is 38.2 Å². The second kappa shape index (κ2) is 24.1. The van der Waals surface area contributed by atoms with Crippen LogP contribution in [0.15, 0.2) is 0 Å². The second-order valence-electron chi connectivity index (χ2n) is 12.4. The van der Waals surface area contributed by atoms with Crippen LogP contribution in [0.4, 0.5) is 0 Å². The van der Waals surface area contributed by atoms with Crippen LogP contribution in [0.5, 0.6) is 0 Å². The molecule has 0 aliphatic rings. The topological polar surface area (TPSA) is 169 Å². The number of hydrogen-bond acceptors (Lipinski definition) is 8. The van der Waals surface area contributed by atoms with Gasteiger partial charge in [0, 0.05) is 6.42 Å². The van der Waals surface area contributed by atoms with Crippen LogP contribution in [0, 0.1) is 11.8 Å². The molecule has 0 heterocycles. The van der Waals surface area contributed by atoms with Gasteiger partial charge in [-0.05, 0) is 38.0 Å². The van der Waals surface area contributed by atoms with Gasteiger partial charge in [-0.1, -0.05) is 86.5 Å². The Labute approximate surface area is 270 Å². The van der Waals surface area contributed by atoms with Crippen LogP contribution in [0.2, 0.25) is 0 Å². The Morgan fingerprint density at radius 2 is 1.24 bits per heavy atom. The van der Waals surface area contributed by atoms with E-state index in [1.54, 1.807) is 13.8 Å². The fourth-order valence-electron chi connectivity index (χ4n) is 4.53. The molecule has 0 radical (unpaired) electrons. The smallest absolute Gasteiger partial charge is 0.328 e. The molecule has 0 aliphatic heterocycles. The van der Waals surface area contributed by atoms with Gasteiger partial charge in [-0.15, -0.1) is 0 Å². The van der Waals surface area contributed by atoms with Crippen molar-refractivity contribution in [1.82, 2.24) is 21.3 Å². The van der Waals surface area contributed by atoms with Crippen molar-refractivity contribution in [3.05, 3.63) is 0 Å². The number of ether oxygens (including phenoxy) is 2. The average Bonchev–Trinajstić information content (AvgIpc) is 2.97. The van der Waals surface area contributed by atoms with E-state index in [1.165, 1.54) is 26.9 Å². The number of carbonyl (C=O) groups is 6. The molecule has 45 heavy (non-hydrogen) atoms. The normalized spacial score (nSPS) is 13.7. The highest BCUT2D eigenvalue weighted by Gasteiger charge is 2.32. The zero-order valence-electron chi connectivity index (χ0n) is 28.9. The Hall–Kier alpha value is -3.18. The van der Waals surface area contributed by atoms with Crippen molar-refractivity contribution in [3.8, 4) is 0 Å². The van der Waals surface area contributed by atoms with Gasteiger partial charge in [-0.2, -0.15) is 0 Å². The maximum Gasteiger partial charge on any atom is 0.328 e. The van der Waals surface area contributed by atoms with Crippen molar-refractivity contribution >= 4 is 35.6 Å². The number of rotatable bonds is 24. The zero-order valence-corrected chi connectivity index (χ0v) is 28.9. The Balaban J connectivity index is 5.32. The third-order valence-corrected chi connectivity index (χ3v) is 7.31. The molecule has 0 aromatic carbocycles. The number of unbranched alkanes of at least 4 members (excludes halogenated alkanes) is 7. The van der Waals surface area contributed by atoms with Crippen LogP contribution in [-0.4, -0.2) is 73.5 Å². The van der Waals surface area contributed by atoms with Crippen molar-refractivity contribution in [2.45, 2.75) is 150 Å². The minimum atomic E-state index is -1.24. The highest BCUT2D eigenvalue weighted by atomic mass is 16.5. The maximum atomic E-state index is 13.2. The highest BCUT2D eigenvalue weighted by Crippen LogP contribution is 2.10. The number of nitrogens with one attached hydrogen (secondary N) is 4. The predicted molar refractivity (Wildman–Crippen MR) is 173 cm³/mol. The lowest BCUT2D eigenvalue weighted by Crippen LogP contribution is -2.58. The molecule has 4 N–H and O–H groups in total. The van der Waals surface area contributed by atoms with Gasteiger partial charge in [-0.3, -0.25) is 24.0 Å². The lowest BCUT2D eigenvalue weighted by atomic mass is 10.0. The van der Waals surface area contributed by atoms with Crippen LogP contribution >= 0.6 is 0 Å². The zero-order chi connectivity index (χ0) is 34.4. The van der Waals surface area contributed by atoms with Crippen molar-refractivity contribution in [1.29, 1.82) is 0 Å². The van der Waals surface area contributed by atoms with Gasteiger partial charge < -0.3 is 30.7 Å². The van der Waals surface area contributed by atoms with E-state index < -0.39 is 66.2 Å². The maximum absolute atomic E-state index is 13.2. The molecule has 0 unspecified atom stereocenters. The predicted octanol–water partition coefficient (Wildman–Crippen LogP) is 3.69. The Bertz CT molecular complexity index is 924. The average molecular weight is 641 g/mol. The van der Waals surface area contributed by atoms with Crippen molar-refractivity contribution in [2.24, 2.45) is 11.8 Å². The fraction of sp³-hybridized carbons (Fsp3) is 0.818. The molecule has 12 heteroatoms. The van der Waals surface area contributed by atoms with E-state index in [0.29, 0.717) is 19.3 Å². The summed E-state index contributed by atoms with van der Waals surface area (Å²) in [7, 11) is 1.19. The lowest BCUT2D eigenvalue weighted by Gasteiger charge is -2.27. The minimum absolute atomic E-state index is 0.105. The molecule has 0 aromatic rings. The summed E-state index contributed by atoms with van der Waals surface area (Å²) in [5.74, 6) is -3.79. The molecule has 0 aromatic heterocycles. The van der Waals surface area contributed by atoms with E-state index in [9.17, 15) is 28.8 Å². The first-order chi connectivity index (χ1) is 21.3. The number of carbonyl (C=O) groups excluding carboxylic acids is 6. The first-order valence-electron chi connectivity index (χ1n) is 16.7. The Kier molecular flexibility index (Phi) is 22.4. The number of amides is 4. The summed E-state index contributed by atoms with van der Waals surface area (Å²) >= 11 is 0. The van der Waals surface area contributed by atoms with Gasteiger partial charge in [0.25, 0.3) is 0 Å². The van der Waals surface area contributed by atoms with E-state index >= 15 is 0 Å². The van der Waals surface area contributed by atoms with Crippen molar-refractivity contribution < 1.29 is 38.2 Å². The van der Waals surface area contributed by atoms with E-state index in [4.69, 9.17) is 9.47 Å². The standard InChI is InChI=1S/C33H60N4O8/c1-9-11-13-14-15-16-17-18-27(38)35-25(21-28(39)44-8)31(41)37-29(23(5)6)32(42)34-24(7)30(40)36-26(20-22(3)4)33(43)45-19-12-10-2/h22-26,29H,9-21H2,1-8H3,(H,34,42)(H,35,38)(H,36,40)(H,37,41)/t24-,25-,26-,29-/m0/s1. The third kappa shape index (κ3) is 19.1. The van der Waals surface area contributed by atoms with E-state index in [2.05, 4.69) is 28.2 Å². The van der Waals surface area contributed by atoms with E-state index in [-0.39, 0.29) is 24.9 Å². The summed E-state index contributed by atoms with van der Waals surface area (Å²) in [4.78, 5) is 76.6. The molecule has 260 valence electrons. The molecule has 0 fully saturated rings. The molecule has 4 amide bonds. The summed E-state index contributed by atoms with van der Waals surface area (Å²) in [5, 5.41) is 10.5. The molecular weight excluding hydrogens is 580 g/mol. The van der Waals surface area contributed by atoms with Gasteiger partial charge in [0.1, 0.15) is 24.2 Å². The first-order valence-corrected chi connectivity index (χ1v) is 16.7. The summed E-state index contributed by atoms with van der Waals surface area (Å²) in [6.07, 6.45) is 8.99. The van der Waals surface area contributed by atoms with Crippen LogP contribution in [0.25, 0.3) is 0 Å². The van der Waals surface area contributed by atoms with Crippen molar-refractivity contribution in [2.75, 3.05) is 13.7 Å². The first kappa shape index (κ1) is 41.8. The van der Waals surface area contributed by atoms with E-state index in [1.807, 2.05) is 20.8 Å². The number of hydrogen-bond donors (Lipinski definition) is 4. The molecule has 0 saturated carbocycles.